The average Bonchev–Trinajstić information content (AvgIpc) is 3.20. The fraction of sp³-hybridized carbons (Fsp3) is 0. The van der Waals surface area contributed by atoms with Crippen LogP contribution in [-0.4, -0.2) is 4.98 Å². The van der Waals surface area contributed by atoms with Crippen LogP contribution in [0.5, 0.6) is 0 Å². The Morgan fingerprint density at radius 3 is 2.90 bits per heavy atom. The predicted molar refractivity (Wildman–Crippen MR) is 120 cm³/mol. The standard InChI is InChI=1S/C21H10BrClFN3O2S/c22-13-1-4-19-11(5-13)6-15(21(28)29-19)18-10-30-20(27-18)12(8-25)9-26-14-2-3-17(24)16(23)7-14/h1-7,9-10,26H/b12-9-. The van der Waals surface area contributed by atoms with E-state index in [4.69, 9.17) is 16.0 Å². The molecule has 30 heavy (non-hydrogen) atoms. The molecule has 4 aromatic rings. The van der Waals surface area contributed by atoms with Crippen molar-refractivity contribution in [1.29, 1.82) is 5.26 Å². The summed E-state index contributed by atoms with van der Waals surface area (Å²) in [6.07, 6.45) is 1.45. The van der Waals surface area contributed by atoms with Gasteiger partial charge in [-0.05, 0) is 42.5 Å². The first kappa shape index (κ1) is 20.3. The van der Waals surface area contributed by atoms with Crippen molar-refractivity contribution < 1.29 is 8.81 Å². The van der Waals surface area contributed by atoms with Gasteiger partial charge in [-0.1, -0.05) is 27.5 Å². The van der Waals surface area contributed by atoms with Crippen molar-refractivity contribution >= 4 is 61.1 Å². The van der Waals surface area contributed by atoms with E-state index in [1.54, 1.807) is 23.6 Å². The van der Waals surface area contributed by atoms with Gasteiger partial charge < -0.3 is 9.73 Å². The predicted octanol–water partition coefficient (Wildman–Crippen LogP) is 6.45. The van der Waals surface area contributed by atoms with Crippen LogP contribution in [0.2, 0.25) is 5.02 Å². The van der Waals surface area contributed by atoms with E-state index in [9.17, 15) is 14.4 Å². The number of rotatable bonds is 4. The number of thiazole rings is 1. The van der Waals surface area contributed by atoms with E-state index in [0.29, 0.717) is 27.5 Å². The molecule has 9 heteroatoms. The quantitative estimate of drug-likeness (QED) is 0.256. The van der Waals surface area contributed by atoms with Crippen LogP contribution in [0.15, 0.2) is 67.7 Å². The first-order valence-electron chi connectivity index (χ1n) is 8.46. The Hall–Kier alpha value is -2.99. The van der Waals surface area contributed by atoms with Crippen molar-refractivity contribution in [3.63, 3.8) is 0 Å². The molecule has 0 aliphatic carbocycles. The number of benzene rings is 2. The first-order chi connectivity index (χ1) is 14.4. The molecule has 0 unspecified atom stereocenters. The summed E-state index contributed by atoms with van der Waals surface area (Å²) < 4.78 is 19.5. The van der Waals surface area contributed by atoms with Crippen molar-refractivity contribution in [2.24, 2.45) is 0 Å². The number of halogens is 3. The molecule has 0 fully saturated rings. The molecule has 0 saturated carbocycles. The van der Waals surface area contributed by atoms with Crippen molar-refractivity contribution in [1.82, 2.24) is 4.98 Å². The number of anilines is 1. The summed E-state index contributed by atoms with van der Waals surface area (Å²) in [6.45, 7) is 0. The molecule has 0 atom stereocenters. The zero-order valence-corrected chi connectivity index (χ0v) is 18.1. The third kappa shape index (κ3) is 4.14. The number of nitriles is 1. The molecule has 2 aromatic carbocycles. The van der Waals surface area contributed by atoms with Gasteiger partial charge in [0.2, 0.25) is 0 Å². The molecule has 5 nitrogen and oxygen atoms in total. The Labute approximate surface area is 187 Å². The Balaban J connectivity index is 1.66. The van der Waals surface area contributed by atoms with Crippen LogP contribution in [0, 0.1) is 17.1 Å². The Kier molecular flexibility index (Phi) is 5.68. The van der Waals surface area contributed by atoms with Gasteiger partial charge in [0.1, 0.15) is 28.1 Å². The maximum Gasteiger partial charge on any atom is 0.345 e. The van der Waals surface area contributed by atoms with Crippen LogP contribution in [0.25, 0.3) is 27.8 Å². The Morgan fingerprint density at radius 2 is 2.13 bits per heavy atom. The van der Waals surface area contributed by atoms with E-state index in [2.05, 4.69) is 32.3 Å². The lowest BCUT2D eigenvalue weighted by molar-refractivity contribution is 0.563. The second kappa shape index (κ2) is 8.40. The van der Waals surface area contributed by atoms with Gasteiger partial charge in [-0.3, -0.25) is 0 Å². The van der Waals surface area contributed by atoms with Crippen LogP contribution >= 0.6 is 38.9 Å². The van der Waals surface area contributed by atoms with Gasteiger partial charge in [0.25, 0.3) is 0 Å². The lowest BCUT2D eigenvalue weighted by atomic mass is 10.1. The summed E-state index contributed by atoms with van der Waals surface area (Å²) in [7, 11) is 0. The van der Waals surface area contributed by atoms with E-state index < -0.39 is 11.4 Å². The van der Waals surface area contributed by atoms with Gasteiger partial charge in [-0.15, -0.1) is 11.3 Å². The molecule has 4 rings (SSSR count). The zero-order chi connectivity index (χ0) is 21.3. The minimum absolute atomic E-state index is 0.0295. The number of hydrogen-bond donors (Lipinski definition) is 1. The molecule has 2 heterocycles. The van der Waals surface area contributed by atoms with Gasteiger partial charge in [-0.2, -0.15) is 5.26 Å². The second-order valence-electron chi connectivity index (χ2n) is 6.11. The average molecular weight is 503 g/mol. The maximum atomic E-state index is 13.3. The van der Waals surface area contributed by atoms with E-state index in [0.717, 1.165) is 9.86 Å². The number of aromatic nitrogens is 1. The molecule has 1 N–H and O–H groups in total. The lowest BCUT2D eigenvalue weighted by Gasteiger charge is -2.03. The summed E-state index contributed by atoms with van der Waals surface area (Å²) in [5.41, 5.74) is 1.45. The molecule has 0 saturated heterocycles. The Morgan fingerprint density at radius 1 is 1.30 bits per heavy atom. The number of allylic oxidation sites excluding steroid dienone is 1. The highest BCUT2D eigenvalue weighted by atomic mass is 79.9. The highest BCUT2D eigenvalue weighted by molar-refractivity contribution is 9.10. The second-order valence-corrected chi connectivity index (χ2v) is 8.29. The third-order valence-electron chi connectivity index (χ3n) is 4.13. The summed E-state index contributed by atoms with van der Waals surface area (Å²) in [5.74, 6) is -0.530. The highest BCUT2D eigenvalue weighted by Gasteiger charge is 2.14. The minimum atomic E-state index is -0.530. The molecule has 0 radical (unpaired) electrons. The zero-order valence-electron chi connectivity index (χ0n) is 14.9. The van der Waals surface area contributed by atoms with Crippen molar-refractivity contribution in [3.05, 3.63) is 84.8 Å². The molecule has 0 spiro atoms. The third-order valence-corrected chi connectivity index (χ3v) is 5.79. The fourth-order valence-electron chi connectivity index (χ4n) is 2.68. The van der Waals surface area contributed by atoms with Crippen molar-refractivity contribution in [3.8, 4) is 17.3 Å². The number of nitrogens with zero attached hydrogens (tertiary/aromatic N) is 2. The lowest BCUT2D eigenvalue weighted by Crippen LogP contribution is -2.03. The van der Waals surface area contributed by atoms with Crippen LogP contribution in [-0.2, 0) is 0 Å². The molecule has 0 amide bonds. The molecule has 148 valence electrons. The summed E-state index contributed by atoms with van der Waals surface area (Å²) in [6, 6.07) is 13.2. The summed E-state index contributed by atoms with van der Waals surface area (Å²) >= 11 is 10.4. The monoisotopic (exact) mass is 501 g/mol. The van der Waals surface area contributed by atoms with E-state index >= 15 is 0 Å². The van der Waals surface area contributed by atoms with Crippen LogP contribution in [0.3, 0.4) is 0 Å². The number of nitrogens with one attached hydrogen (secondary N) is 1. The largest absolute Gasteiger partial charge is 0.422 e. The molecular weight excluding hydrogens is 493 g/mol. The van der Waals surface area contributed by atoms with Gasteiger partial charge in [0.15, 0.2) is 0 Å². The normalized spacial score (nSPS) is 11.5. The highest BCUT2D eigenvalue weighted by Crippen LogP contribution is 2.28. The SMILES string of the molecule is N#C/C(=C/Nc1ccc(F)c(Cl)c1)c1nc(-c2cc3cc(Br)ccc3oc2=O)cs1. The first-order valence-corrected chi connectivity index (χ1v) is 10.5. The molecule has 2 aromatic heterocycles. The van der Waals surface area contributed by atoms with Crippen LogP contribution < -0.4 is 10.9 Å². The van der Waals surface area contributed by atoms with Crippen LogP contribution in [0.1, 0.15) is 5.01 Å². The topological polar surface area (TPSA) is 78.9 Å². The molecule has 0 aliphatic rings. The molecule has 0 aliphatic heterocycles. The van der Waals surface area contributed by atoms with Crippen LogP contribution in [0.4, 0.5) is 10.1 Å². The molecular formula is C21H10BrClFN3O2S. The van der Waals surface area contributed by atoms with Crippen molar-refractivity contribution in [2.45, 2.75) is 0 Å². The molecule has 0 bridgehead atoms. The van der Waals surface area contributed by atoms with Crippen molar-refractivity contribution in [2.75, 3.05) is 5.32 Å². The van der Waals surface area contributed by atoms with Gasteiger partial charge in [-0.25, -0.2) is 14.2 Å². The maximum absolute atomic E-state index is 13.3. The minimum Gasteiger partial charge on any atom is -0.422 e. The van der Waals surface area contributed by atoms with E-state index in [-0.39, 0.29) is 10.6 Å². The summed E-state index contributed by atoms with van der Waals surface area (Å²) in [4.78, 5) is 16.8. The Bertz CT molecular complexity index is 1410. The van der Waals surface area contributed by atoms with Gasteiger partial charge in [0.05, 0.1) is 16.3 Å². The van der Waals surface area contributed by atoms with Gasteiger partial charge >= 0.3 is 5.63 Å². The van der Waals surface area contributed by atoms with E-state index in [1.807, 2.05) is 6.07 Å². The summed E-state index contributed by atoms with van der Waals surface area (Å²) in [5, 5.41) is 15.2. The smallest absolute Gasteiger partial charge is 0.345 e. The fourth-order valence-corrected chi connectivity index (χ4v) is 4.02. The van der Waals surface area contributed by atoms with Gasteiger partial charge in [0, 0.05) is 27.1 Å². The number of hydrogen-bond acceptors (Lipinski definition) is 6. The van der Waals surface area contributed by atoms with E-state index in [1.165, 1.54) is 35.7 Å². The number of fused-ring (bicyclic) bond motifs is 1.